The number of nitrogens with zero attached hydrogens (tertiary/aromatic N) is 1. The van der Waals surface area contributed by atoms with Crippen LogP contribution in [-0.4, -0.2) is 46.2 Å². The Bertz CT molecular complexity index is 698. The Hall–Kier alpha value is -2.68. The fourth-order valence-electron chi connectivity index (χ4n) is 2.26. The fourth-order valence-corrected chi connectivity index (χ4v) is 2.26. The van der Waals surface area contributed by atoms with Crippen molar-refractivity contribution >= 4 is 23.6 Å². The molecular weight excluding hydrogens is 376 g/mol. The summed E-state index contributed by atoms with van der Waals surface area (Å²) >= 11 is 0. The average Bonchev–Trinajstić information content (AvgIpc) is 2.58. The molecule has 1 heterocycles. The minimum atomic E-state index is -1.03. The maximum atomic E-state index is 12.2. The van der Waals surface area contributed by atoms with Gasteiger partial charge in [0.25, 0.3) is 0 Å². The van der Waals surface area contributed by atoms with E-state index in [1.165, 1.54) is 6.20 Å². The van der Waals surface area contributed by atoms with Crippen LogP contribution in [0.15, 0.2) is 18.3 Å². The van der Waals surface area contributed by atoms with Crippen LogP contribution in [0.2, 0.25) is 0 Å². The normalized spacial score (nSPS) is 13.4. The van der Waals surface area contributed by atoms with Gasteiger partial charge in [0.2, 0.25) is 11.8 Å². The lowest BCUT2D eigenvalue weighted by Gasteiger charge is -2.20. The summed E-state index contributed by atoms with van der Waals surface area (Å²) in [5, 5.41) is 17.9. The number of carbonyl (C=O) groups excluding carboxylic acids is 3. The number of carbonyl (C=O) groups is 3. The Balaban J connectivity index is 2.53. The van der Waals surface area contributed by atoms with Crippen LogP contribution in [0.25, 0.3) is 0 Å². The lowest BCUT2D eigenvalue weighted by atomic mass is 10.1. The summed E-state index contributed by atoms with van der Waals surface area (Å²) in [7, 11) is 0. The second-order valence-corrected chi connectivity index (χ2v) is 8.25. The van der Waals surface area contributed by atoms with Crippen LogP contribution in [0.4, 0.5) is 10.5 Å². The minimum Gasteiger partial charge on any atom is -0.444 e. The van der Waals surface area contributed by atoms with Gasteiger partial charge in [0, 0.05) is 6.42 Å². The molecule has 0 saturated heterocycles. The number of ether oxygens (including phenoxy) is 1. The van der Waals surface area contributed by atoms with E-state index in [0.29, 0.717) is 17.8 Å². The van der Waals surface area contributed by atoms with Gasteiger partial charge in [-0.05, 0) is 45.7 Å². The molecule has 2 atom stereocenters. The molecular formula is C20H32N4O5. The second kappa shape index (κ2) is 10.8. The number of aliphatic hydroxyl groups excluding tert-OH is 1. The van der Waals surface area contributed by atoms with Crippen molar-refractivity contribution in [1.29, 1.82) is 0 Å². The average molecular weight is 408 g/mol. The molecule has 29 heavy (non-hydrogen) atoms. The van der Waals surface area contributed by atoms with Gasteiger partial charge in [0.1, 0.15) is 17.7 Å². The van der Waals surface area contributed by atoms with E-state index in [0.717, 1.165) is 0 Å². The van der Waals surface area contributed by atoms with E-state index in [1.54, 1.807) is 39.8 Å². The maximum absolute atomic E-state index is 12.2. The fraction of sp³-hybridized carbons (Fsp3) is 0.600. The minimum absolute atomic E-state index is 0.0630. The van der Waals surface area contributed by atoms with E-state index in [-0.39, 0.29) is 24.3 Å². The molecule has 0 aromatic carbocycles. The van der Waals surface area contributed by atoms with Crippen LogP contribution in [0.3, 0.4) is 0 Å². The van der Waals surface area contributed by atoms with Gasteiger partial charge in [-0.15, -0.1) is 0 Å². The van der Waals surface area contributed by atoms with Crippen molar-refractivity contribution in [3.63, 3.8) is 0 Å². The lowest BCUT2D eigenvalue weighted by molar-refractivity contribution is -0.126. The zero-order chi connectivity index (χ0) is 22.2. The predicted molar refractivity (Wildman–Crippen MR) is 109 cm³/mol. The van der Waals surface area contributed by atoms with Crippen molar-refractivity contribution in [2.45, 2.75) is 65.7 Å². The molecule has 9 heteroatoms. The third-order valence-corrected chi connectivity index (χ3v) is 3.60. The molecule has 1 rings (SSSR count). The quantitative estimate of drug-likeness (QED) is 0.521. The molecule has 1 aromatic heterocycles. The van der Waals surface area contributed by atoms with Crippen molar-refractivity contribution < 1.29 is 24.2 Å². The number of alkyl carbamates (subject to hydrolysis) is 1. The van der Waals surface area contributed by atoms with Crippen LogP contribution >= 0.6 is 0 Å². The van der Waals surface area contributed by atoms with Gasteiger partial charge >= 0.3 is 6.09 Å². The van der Waals surface area contributed by atoms with Gasteiger partial charge in [0.15, 0.2) is 0 Å². The highest BCUT2D eigenvalue weighted by Crippen LogP contribution is 2.13. The Morgan fingerprint density at radius 2 is 1.83 bits per heavy atom. The molecule has 4 N–H and O–H groups in total. The first-order valence-electron chi connectivity index (χ1n) is 9.58. The number of pyridine rings is 1. The summed E-state index contributed by atoms with van der Waals surface area (Å²) in [5.74, 6) is -0.348. The summed E-state index contributed by atoms with van der Waals surface area (Å²) in [6.07, 6.45) is 0.0887. The van der Waals surface area contributed by atoms with Crippen molar-refractivity contribution in [3.8, 4) is 0 Å². The third kappa shape index (κ3) is 9.89. The van der Waals surface area contributed by atoms with E-state index >= 15 is 0 Å². The van der Waals surface area contributed by atoms with Crippen molar-refractivity contribution in [1.82, 2.24) is 15.6 Å². The number of hydrogen-bond donors (Lipinski definition) is 4. The summed E-state index contributed by atoms with van der Waals surface area (Å²) in [6, 6.07) is 2.43. The smallest absolute Gasteiger partial charge is 0.407 e. The van der Waals surface area contributed by atoms with E-state index < -0.39 is 23.8 Å². The molecule has 0 aliphatic heterocycles. The summed E-state index contributed by atoms with van der Waals surface area (Å²) < 4.78 is 5.10. The first-order chi connectivity index (χ1) is 13.4. The summed E-state index contributed by atoms with van der Waals surface area (Å²) in [6.45, 7) is 10.6. The van der Waals surface area contributed by atoms with E-state index in [1.807, 2.05) is 13.8 Å². The topological polar surface area (TPSA) is 130 Å². The summed E-state index contributed by atoms with van der Waals surface area (Å²) in [4.78, 5) is 39.7. The van der Waals surface area contributed by atoms with Crippen molar-refractivity contribution in [2.24, 2.45) is 5.92 Å². The zero-order valence-electron chi connectivity index (χ0n) is 17.9. The number of nitrogens with one attached hydrogen (secondary N) is 3. The van der Waals surface area contributed by atoms with Gasteiger partial charge in [-0.25, -0.2) is 4.79 Å². The first kappa shape index (κ1) is 24.4. The third-order valence-electron chi connectivity index (χ3n) is 3.60. The molecule has 162 valence electrons. The van der Waals surface area contributed by atoms with Gasteiger partial charge in [-0.1, -0.05) is 13.8 Å². The van der Waals surface area contributed by atoms with E-state index in [4.69, 9.17) is 4.74 Å². The molecule has 0 spiro atoms. The Labute approximate surface area is 171 Å². The van der Waals surface area contributed by atoms with Crippen LogP contribution in [0, 0.1) is 5.92 Å². The van der Waals surface area contributed by atoms with Crippen molar-refractivity contribution in [3.05, 3.63) is 24.0 Å². The van der Waals surface area contributed by atoms with Gasteiger partial charge in [-0.2, -0.15) is 0 Å². The van der Waals surface area contributed by atoms with Crippen LogP contribution in [-0.2, 0) is 14.3 Å². The van der Waals surface area contributed by atoms with E-state index in [2.05, 4.69) is 20.9 Å². The highest BCUT2D eigenvalue weighted by Gasteiger charge is 2.19. The number of rotatable bonds is 8. The Morgan fingerprint density at radius 1 is 1.17 bits per heavy atom. The summed E-state index contributed by atoms with van der Waals surface area (Å²) in [5.41, 5.74) is 0.131. The maximum Gasteiger partial charge on any atom is 0.407 e. The molecule has 9 nitrogen and oxygen atoms in total. The number of aliphatic hydroxyl groups is 1. The first-order valence-corrected chi connectivity index (χ1v) is 9.58. The standard InChI is InChI=1S/C20H32N4O5/c1-12(2)9-17(26)23-13(3)18(27)24-14-7-8-15(21-10-14)16(25)11-22-19(28)29-20(4,5)6/h7-8,10,12-13,16,25H,9,11H2,1-6H3,(H,22,28)(H,23,26)(H,24,27)/t13-,16?/m0/s1. The molecule has 3 amide bonds. The predicted octanol–water partition coefficient (Wildman–Crippen LogP) is 2.13. The molecule has 1 aromatic rings. The largest absolute Gasteiger partial charge is 0.444 e. The lowest BCUT2D eigenvalue weighted by Crippen LogP contribution is -2.41. The second-order valence-electron chi connectivity index (χ2n) is 8.25. The van der Waals surface area contributed by atoms with Crippen LogP contribution in [0.5, 0.6) is 0 Å². The van der Waals surface area contributed by atoms with Crippen LogP contribution < -0.4 is 16.0 Å². The number of amides is 3. The number of aromatic nitrogens is 1. The van der Waals surface area contributed by atoms with Crippen molar-refractivity contribution in [2.75, 3.05) is 11.9 Å². The van der Waals surface area contributed by atoms with Gasteiger partial charge in [0.05, 0.1) is 24.1 Å². The highest BCUT2D eigenvalue weighted by atomic mass is 16.6. The number of hydrogen-bond acceptors (Lipinski definition) is 6. The molecule has 0 bridgehead atoms. The molecule has 0 fully saturated rings. The molecule has 0 saturated carbocycles. The van der Waals surface area contributed by atoms with E-state index in [9.17, 15) is 19.5 Å². The molecule has 1 unspecified atom stereocenters. The Morgan fingerprint density at radius 3 is 2.34 bits per heavy atom. The van der Waals surface area contributed by atoms with Gasteiger partial charge in [-0.3, -0.25) is 14.6 Å². The monoisotopic (exact) mass is 408 g/mol. The zero-order valence-corrected chi connectivity index (χ0v) is 17.9. The molecule has 0 aliphatic rings. The van der Waals surface area contributed by atoms with Crippen LogP contribution in [0.1, 0.15) is 59.8 Å². The highest BCUT2D eigenvalue weighted by molar-refractivity contribution is 5.96. The SMILES string of the molecule is CC(C)CC(=O)N[C@@H](C)C(=O)Nc1ccc(C(O)CNC(=O)OC(C)(C)C)nc1. The Kier molecular flexibility index (Phi) is 9.03. The molecule has 0 aliphatic carbocycles. The van der Waals surface area contributed by atoms with Gasteiger partial charge < -0.3 is 25.8 Å². The molecule has 0 radical (unpaired) electrons. The number of anilines is 1.